The number of hydrogen-bond acceptors (Lipinski definition) is 4. The lowest BCUT2D eigenvalue weighted by Gasteiger charge is -1.90. The van der Waals surface area contributed by atoms with Crippen molar-refractivity contribution in [3.63, 3.8) is 0 Å². The number of nitrogens with one attached hydrogen (secondary N) is 1. The van der Waals surface area contributed by atoms with Crippen LogP contribution < -0.4 is 11.3 Å². The van der Waals surface area contributed by atoms with Crippen LogP contribution in [0.2, 0.25) is 0 Å². The zero-order valence-corrected chi connectivity index (χ0v) is 7.11. The first-order valence-corrected chi connectivity index (χ1v) is 3.86. The highest BCUT2D eigenvalue weighted by molar-refractivity contribution is 5.27. The molecule has 2 rings (SSSR count). The average molecular weight is 179 g/mol. The maximum atomic E-state index is 11.3. The highest BCUT2D eigenvalue weighted by Gasteiger charge is 2.03. The Balaban J connectivity index is 2.83. The molecule has 0 radical (unpaired) electrons. The summed E-state index contributed by atoms with van der Waals surface area (Å²) in [7, 11) is 0. The Morgan fingerprint density at radius 1 is 1.62 bits per heavy atom. The Bertz CT molecular complexity index is 497. The summed E-state index contributed by atoms with van der Waals surface area (Å²) in [6, 6.07) is 1.44. The minimum absolute atomic E-state index is 0.172. The van der Waals surface area contributed by atoms with Crippen LogP contribution in [0.1, 0.15) is 11.5 Å². The van der Waals surface area contributed by atoms with Crippen molar-refractivity contribution in [1.82, 2.24) is 19.6 Å². The van der Waals surface area contributed by atoms with Gasteiger partial charge in [-0.2, -0.15) is 9.50 Å². The SMILES string of the molecule is Cc1cc(=O)n2[nH]c(CN)nc2n1. The molecule has 6 heteroatoms. The molecule has 6 nitrogen and oxygen atoms in total. The van der Waals surface area contributed by atoms with Crippen LogP contribution in [0.25, 0.3) is 5.78 Å². The van der Waals surface area contributed by atoms with Crippen LogP contribution in [0.4, 0.5) is 0 Å². The van der Waals surface area contributed by atoms with E-state index in [9.17, 15) is 4.79 Å². The fourth-order valence-electron chi connectivity index (χ4n) is 1.13. The Morgan fingerprint density at radius 2 is 2.38 bits per heavy atom. The van der Waals surface area contributed by atoms with E-state index < -0.39 is 0 Å². The number of aryl methyl sites for hydroxylation is 1. The number of aromatic nitrogens is 4. The number of rotatable bonds is 1. The van der Waals surface area contributed by atoms with Gasteiger partial charge in [0.2, 0.25) is 0 Å². The fraction of sp³-hybridized carbons (Fsp3) is 0.286. The van der Waals surface area contributed by atoms with E-state index in [0.29, 0.717) is 17.3 Å². The van der Waals surface area contributed by atoms with Crippen molar-refractivity contribution in [2.24, 2.45) is 5.73 Å². The number of H-pyrrole nitrogens is 1. The Morgan fingerprint density at radius 3 is 3.08 bits per heavy atom. The molecule has 0 amide bonds. The second kappa shape index (κ2) is 2.67. The molecule has 0 aliphatic heterocycles. The lowest BCUT2D eigenvalue weighted by molar-refractivity contribution is 0.839. The van der Waals surface area contributed by atoms with Gasteiger partial charge in [-0.05, 0) is 6.92 Å². The Hall–Kier alpha value is -1.69. The molecule has 2 aromatic heterocycles. The summed E-state index contributed by atoms with van der Waals surface area (Å²) >= 11 is 0. The molecule has 0 saturated heterocycles. The van der Waals surface area contributed by atoms with Crippen LogP contribution in [0.15, 0.2) is 10.9 Å². The minimum atomic E-state index is -0.172. The van der Waals surface area contributed by atoms with Crippen LogP contribution >= 0.6 is 0 Å². The molecule has 0 atom stereocenters. The molecule has 0 saturated carbocycles. The molecule has 68 valence electrons. The Labute approximate surface area is 73.4 Å². The molecule has 2 aromatic rings. The average Bonchev–Trinajstić information content (AvgIpc) is 2.47. The van der Waals surface area contributed by atoms with Gasteiger partial charge in [0.1, 0.15) is 5.82 Å². The van der Waals surface area contributed by atoms with E-state index in [1.54, 1.807) is 6.92 Å². The third-order valence-corrected chi connectivity index (χ3v) is 1.70. The third kappa shape index (κ3) is 1.20. The molecule has 0 aliphatic rings. The van der Waals surface area contributed by atoms with Crippen LogP contribution in [-0.2, 0) is 6.54 Å². The molecule has 0 fully saturated rings. The summed E-state index contributed by atoms with van der Waals surface area (Å²) < 4.78 is 1.27. The van der Waals surface area contributed by atoms with Gasteiger partial charge >= 0.3 is 0 Å². The standard InChI is InChI=1S/C7H9N5O/c1-4-2-6(13)12-7(9-4)10-5(3-8)11-12/h2H,3,8H2,1H3,(H,9,10,11). The van der Waals surface area contributed by atoms with E-state index in [0.717, 1.165) is 0 Å². The summed E-state index contributed by atoms with van der Waals surface area (Å²) in [6.07, 6.45) is 0. The fourth-order valence-corrected chi connectivity index (χ4v) is 1.13. The normalized spacial score (nSPS) is 10.9. The van der Waals surface area contributed by atoms with Crippen LogP contribution in [-0.4, -0.2) is 19.6 Å². The predicted octanol–water partition coefficient (Wildman–Crippen LogP) is -0.815. The zero-order chi connectivity index (χ0) is 9.42. The van der Waals surface area contributed by atoms with Gasteiger partial charge in [-0.3, -0.25) is 9.89 Å². The van der Waals surface area contributed by atoms with Crippen LogP contribution in [0, 0.1) is 6.92 Å². The van der Waals surface area contributed by atoms with Gasteiger partial charge in [0.25, 0.3) is 11.3 Å². The minimum Gasteiger partial charge on any atom is -0.324 e. The summed E-state index contributed by atoms with van der Waals surface area (Å²) in [5.41, 5.74) is 5.85. The molecule has 2 heterocycles. The van der Waals surface area contributed by atoms with Crippen molar-refractivity contribution in [3.05, 3.63) is 27.9 Å². The summed E-state index contributed by atoms with van der Waals surface area (Å²) in [5, 5.41) is 2.75. The van der Waals surface area contributed by atoms with Gasteiger partial charge in [-0.1, -0.05) is 0 Å². The molecule has 0 spiro atoms. The van der Waals surface area contributed by atoms with Gasteiger partial charge in [0, 0.05) is 11.8 Å². The molecular formula is C7H9N5O. The molecule has 0 aliphatic carbocycles. The van der Waals surface area contributed by atoms with Crippen LogP contribution in [0.5, 0.6) is 0 Å². The number of nitrogens with zero attached hydrogens (tertiary/aromatic N) is 3. The number of hydrogen-bond donors (Lipinski definition) is 2. The van der Waals surface area contributed by atoms with E-state index >= 15 is 0 Å². The van der Waals surface area contributed by atoms with E-state index in [1.165, 1.54) is 10.6 Å². The highest BCUT2D eigenvalue weighted by atomic mass is 16.1. The van der Waals surface area contributed by atoms with Crippen molar-refractivity contribution < 1.29 is 0 Å². The smallest absolute Gasteiger partial charge is 0.274 e. The molecule has 13 heavy (non-hydrogen) atoms. The first kappa shape index (κ1) is 7.93. The van der Waals surface area contributed by atoms with E-state index in [2.05, 4.69) is 15.1 Å². The second-order valence-corrected chi connectivity index (χ2v) is 2.75. The lowest BCUT2D eigenvalue weighted by atomic mass is 10.5. The maximum absolute atomic E-state index is 11.3. The topological polar surface area (TPSA) is 89.1 Å². The highest BCUT2D eigenvalue weighted by Crippen LogP contribution is 1.94. The second-order valence-electron chi connectivity index (χ2n) is 2.75. The molecule has 0 unspecified atom stereocenters. The third-order valence-electron chi connectivity index (χ3n) is 1.70. The zero-order valence-electron chi connectivity index (χ0n) is 7.11. The van der Waals surface area contributed by atoms with E-state index in [1.807, 2.05) is 0 Å². The van der Waals surface area contributed by atoms with Gasteiger partial charge in [0.15, 0.2) is 0 Å². The van der Waals surface area contributed by atoms with Crippen molar-refractivity contribution >= 4 is 5.78 Å². The molecule has 0 bridgehead atoms. The van der Waals surface area contributed by atoms with Gasteiger partial charge in [-0.25, -0.2) is 4.98 Å². The number of aromatic amines is 1. The first-order chi connectivity index (χ1) is 6.20. The van der Waals surface area contributed by atoms with Crippen molar-refractivity contribution in [3.8, 4) is 0 Å². The number of fused-ring (bicyclic) bond motifs is 1. The van der Waals surface area contributed by atoms with Crippen molar-refractivity contribution in [2.45, 2.75) is 13.5 Å². The first-order valence-electron chi connectivity index (χ1n) is 3.86. The monoisotopic (exact) mass is 179 g/mol. The predicted molar refractivity (Wildman–Crippen MR) is 46.2 cm³/mol. The summed E-state index contributed by atoms with van der Waals surface area (Å²) in [5.74, 6) is 0.917. The lowest BCUT2D eigenvalue weighted by Crippen LogP contribution is -2.14. The molecule has 0 aromatic carbocycles. The maximum Gasteiger partial charge on any atom is 0.274 e. The van der Waals surface area contributed by atoms with Gasteiger partial charge < -0.3 is 5.73 Å². The van der Waals surface area contributed by atoms with Gasteiger partial charge in [0.05, 0.1) is 6.54 Å². The Kier molecular flexibility index (Phi) is 1.63. The largest absolute Gasteiger partial charge is 0.324 e. The quantitative estimate of drug-likeness (QED) is 0.598. The van der Waals surface area contributed by atoms with Crippen molar-refractivity contribution in [1.29, 1.82) is 0 Å². The van der Waals surface area contributed by atoms with Crippen molar-refractivity contribution in [2.75, 3.05) is 0 Å². The summed E-state index contributed by atoms with van der Waals surface area (Å²) in [4.78, 5) is 19.4. The van der Waals surface area contributed by atoms with Gasteiger partial charge in [-0.15, -0.1) is 0 Å². The van der Waals surface area contributed by atoms with E-state index in [-0.39, 0.29) is 12.1 Å². The van der Waals surface area contributed by atoms with E-state index in [4.69, 9.17) is 5.73 Å². The summed E-state index contributed by atoms with van der Waals surface area (Å²) in [6.45, 7) is 2.01. The van der Waals surface area contributed by atoms with Crippen LogP contribution in [0.3, 0.4) is 0 Å². The number of nitrogens with two attached hydrogens (primary N) is 1. The molecular weight excluding hydrogens is 170 g/mol. The molecule has 3 N–H and O–H groups in total.